The van der Waals surface area contributed by atoms with Crippen LogP contribution in [0, 0.1) is 6.92 Å². The zero-order valence-electron chi connectivity index (χ0n) is 9.29. The van der Waals surface area contributed by atoms with Crippen LogP contribution < -0.4 is 5.48 Å². The highest BCUT2D eigenvalue weighted by Crippen LogP contribution is 2.24. The Morgan fingerprint density at radius 1 is 1.31 bits per heavy atom. The van der Waals surface area contributed by atoms with Gasteiger partial charge in [0, 0.05) is 5.39 Å². The molecule has 0 fully saturated rings. The van der Waals surface area contributed by atoms with Crippen LogP contribution in [0.3, 0.4) is 0 Å². The summed E-state index contributed by atoms with van der Waals surface area (Å²) in [5.74, 6) is 0.871. The Balaban J connectivity index is 2.20. The molecular weight excluding hydrogens is 200 g/mol. The minimum absolute atomic E-state index is 0.742. The fourth-order valence-electron chi connectivity index (χ4n) is 2.05. The molecule has 1 aromatic heterocycles. The summed E-state index contributed by atoms with van der Waals surface area (Å²) >= 11 is 0. The van der Waals surface area contributed by atoms with Gasteiger partial charge in [-0.25, -0.2) is 10.5 Å². The average molecular weight is 214 g/mol. The van der Waals surface area contributed by atoms with Crippen molar-refractivity contribution in [1.29, 1.82) is 0 Å². The first-order valence-electron chi connectivity index (χ1n) is 5.61. The summed E-state index contributed by atoms with van der Waals surface area (Å²) in [5, 5.41) is 1.20. The van der Waals surface area contributed by atoms with Crippen LogP contribution in [-0.4, -0.2) is 11.6 Å². The van der Waals surface area contributed by atoms with Crippen LogP contribution in [-0.2, 0) is 11.3 Å². The normalized spacial score (nSPS) is 15.3. The SMILES string of the molecule is Cc1ccc2cc3c(nc2c1)NOCCC3. The maximum absolute atomic E-state index is 5.29. The van der Waals surface area contributed by atoms with Crippen molar-refractivity contribution >= 4 is 16.7 Å². The van der Waals surface area contributed by atoms with E-state index in [4.69, 9.17) is 4.84 Å². The number of nitrogens with one attached hydrogen (secondary N) is 1. The molecule has 0 amide bonds. The second-order valence-corrected chi connectivity index (χ2v) is 4.25. The number of rotatable bonds is 0. The summed E-state index contributed by atoms with van der Waals surface area (Å²) in [7, 11) is 0. The third kappa shape index (κ3) is 1.63. The smallest absolute Gasteiger partial charge is 0.153 e. The number of benzene rings is 1. The number of hydrogen-bond donors (Lipinski definition) is 1. The Morgan fingerprint density at radius 2 is 2.25 bits per heavy atom. The average Bonchev–Trinajstić information content (AvgIpc) is 2.50. The highest BCUT2D eigenvalue weighted by atomic mass is 16.6. The Morgan fingerprint density at radius 3 is 3.19 bits per heavy atom. The van der Waals surface area contributed by atoms with Crippen molar-refractivity contribution in [1.82, 2.24) is 4.98 Å². The van der Waals surface area contributed by atoms with E-state index in [1.807, 2.05) is 0 Å². The van der Waals surface area contributed by atoms with E-state index < -0.39 is 0 Å². The first-order valence-corrected chi connectivity index (χ1v) is 5.61. The predicted octanol–water partition coefficient (Wildman–Crippen LogP) is 2.83. The van der Waals surface area contributed by atoms with Crippen molar-refractivity contribution in [2.45, 2.75) is 19.8 Å². The monoisotopic (exact) mass is 214 g/mol. The van der Waals surface area contributed by atoms with Crippen molar-refractivity contribution in [3.63, 3.8) is 0 Å². The van der Waals surface area contributed by atoms with Gasteiger partial charge in [-0.1, -0.05) is 12.1 Å². The van der Waals surface area contributed by atoms with Crippen LogP contribution in [0.2, 0.25) is 0 Å². The van der Waals surface area contributed by atoms with Crippen LogP contribution in [0.15, 0.2) is 24.3 Å². The molecule has 1 aromatic carbocycles. The molecule has 0 unspecified atom stereocenters. The molecule has 2 aromatic rings. The van der Waals surface area contributed by atoms with Gasteiger partial charge in [0.1, 0.15) is 0 Å². The molecule has 0 atom stereocenters. The van der Waals surface area contributed by atoms with Crippen LogP contribution in [0.25, 0.3) is 10.9 Å². The summed E-state index contributed by atoms with van der Waals surface area (Å²) in [6, 6.07) is 8.56. The summed E-state index contributed by atoms with van der Waals surface area (Å²) in [4.78, 5) is 9.89. The molecular formula is C13H14N2O. The van der Waals surface area contributed by atoms with E-state index in [0.29, 0.717) is 0 Å². The largest absolute Gasteiger partial charge is 0.275 e. The number of anilines is 1. The molecule has 1 N–H and O–H groups in total. The van der Waals surface area contributed by atoms with E-state index >= 15 is 0 Å². The van der Waals surface area contributed by atoms with Gasteiger partial charge in [-0.3, -0.25) is 4.84 Å². The highest BCUT2D eigenvalue weighted by Gasteiger charge is 2.10. The molecule has 0 aliphatic carbocycles. The molecule has 1 aliphatic rings. The number of hydrogen-bond acceptors (Lipinski definition) is 3. The van der Waals surface area contributed by atoms with Crippen LogP contribution in [0.5, 0.6) is 0 Å². The molecule has 1 aliphatic heterocycles. The van der Waals surface area contributed by atoms with E-state index in [0.717, 1.165) is 30.8 Å². The molecule has 3 rings (SSSR count). The van der Waals surface area contributed by atoms with Gasteiger partial charge >= 0.3 is 0 Å². The Labute approximate surface area is 94.4 Å². The number of pyridine rings is 1. The zero-order chi connectivity index (χ0) is 11.0. The lowest BCUT2D eigenvalue weighted by atomic mass is 10.1. The molecule has 3 heteroatoms. The molecule has 0 radical (unpaired) electrons. The van der Waals surface area contributed by atoms with Gasteiger partial charge in [0.2, 0.25) is 0 Å². The fraction of sp³-hybridized carbons (Fsp3) is 0.308. The summed E-state index contributed by atoms with van der Waals surface area (Å²) in [6.45, 7) is 2.82. The van der Waals surface area contributed by atoms with Crippen molar-refractivity contribution in [2.75, 3.05) is 12.1 Å². The topological polar surface area (TPSA) is 34.2 Å². The molecule has 0 spiro atoms. The minimum atomic E-state index is 0.742. The lowest BCUT2D eigenvalue weighted by Gasteiger charge is -2.08. The molecule has 16 heavy (non-hydrogen) atoms. The third-order valence-corrected chi connectivity index (χ3v) is 2.91. The highest BCUT2D eigenvalue weighted by molar-refractivity contribution is 5.82. The molecule has 0 saturated heterocycles. The zero-order valence-corrected chi connectivity index (χ0v) is 9.29. The van der Waals surface area contributed by atoms with Gasteiger partial charge < -0.3 is 0 Å². The second-order valence-electron chi connectivity index (χ2n) is 4.25. The van der Waals surface area contributed by atoms with E-state index in [1.165, 1.54) is 16.5 Å². The minimum Gasteiger partial charge on any atom is -0.275 e. The van der Waals surface area contributed by atoms with Gasteiger partial charge in [-0.05, 0) is 43.0 Å². The van der Waals surface area contributed by atoms with Gasteiger partial charge in [0.15, 0.2) is 5.82 Å². The van der Waals surface area contributed by atoms with E-state index in [9.17, 15) is 0 Å². The Bertz CT molecular complexity index is 537. The lowest BCUT2D eigenvalue weighted by Crippen LogP contribution is -2.02. The quantitative estimate of drug-likeness (QED) is 0.732. The van der Waals surface area contributed by atoms with Gasteiger partial charge in [0.25, 0.3) is 0 Å². The first kappa shape index (κ1) is 9.60. The predicted molar refractivity (Wildman–Crippen MR) is 64.4 cm³/mol. The second kappa shape index (κ2) is 3.76. The van der Waals surface area contributed by atoms with Crippen molar-refractivity contribution in [3.8, 4) is 0 Å². The molecule has 3 nitrogen and oxygen atoms in total. The van der Waals surface area contributed by atoms with Crippen molar-refractivity contribution in [3.05, 3.63) is 35.4 Å². The van der Waals surface area contributed by atoms with Gasteiger partial charge in [-0.15, -0.1) is 0 Å². The maximum Gasteiger partial charge on any atom is 0.153 e. The molecule has 82 valence electrons. The Hall–Kier alpha value is -1.61. The van der Waals surface area contributed by atoms with Gasteiger partial charge in [0.05, 0.1) is 12.1 Å². The number of aromatic nitrogens is 1. The van der Waals surface area contributed by atoms with Crippen molar-refractivity contribution < 1.29 is 4.84 Å². The summed E-state index contributed by atoms with van der Waals surface area (Å²) in [5.41, 5.74) is 6.43. The molecule has 2 heterocycles. The summed E-state index contributed by atoms with van der Waals surface area (Å²) < 4.78 is 0. The molecule has 0 saturated carbocycles. The Kier molecular flexibility index (Phi) is 2.26. The first-order chi connectivity index (χ1) is 7.83. The van der Waals surface area contributed by atoms with Crippen LogP contribution >= 0.6 is 0 Å². The van der Waals surface area contributed by atoms with Crippen LogP contribution in [0.4, 0.5) is 5.82 Å². The maximum atomic E-state index is 5.29. The number of aryl methyl sites for hydroxylation is 2. The third-order valence-electron chi connectivity index (χ3n) is 2.91. The van der Waals surface area contributed by atoms with E-state index in [1.54, 1.807) is 0 Å². The van der Waals surface area contributed by atoms with Gasteiger partial charge in [-0.2, -0.15) is 0 Å². The fourth-order valence-corrected chi connectivity index (χ4v) is 2.05. The number of fused-ring (bicyclic) bond motifs is 2. The lowest BCUT2D eigenvalue weighted by molar-refractivity contribution is 0.195. The standard InChI is InChI=1S/C13H14N2O/c1-9-4-5-10-8-11-3-2-6-16-15-13(11)14-12(10)7-9/h4-5,7-8H,2-3,6H2,1H3,(H,14,15). The summed E-state index contributed by atoms with van der Waals surface area (Å²) in [6.07, 6.45) is 2.07. The molecule has 0 bridgehead atoms. The van der Waals surface area contributed by atoms with E-state index in [2.05, 4.69) is 41.7 Å². The number of nitrogens with zero attached hydrogens (tertiary/aromatic N) is 1. The van der Waals surface area contributed by atoms with Crippen LogP contribution in [0.1, 0.15) is 17.5 Å². The van der Waals surface area contributed by atoms with Crippen molar-refractivity contribution in [2.24, 2.45) is 0 Å². The van der Waals surface area contributed by atoms with E-state index in [-0.39, 0.29) is 0 Å².